The number of amides is 1. The third kappa shape index (κ3) is 4.34. The van der Waals surface area contributed by atoms with Crippen LogP contribution >= 0.6 is 0 Å². The van der Waals surface area contributed by atoms with Gasteiger partial charge in [-0.1, -0.05) is 13.8 Å². The van der Waals surface area contributed by atoms with E-state index in [1.165, 1.54) is 0 Å². The van der Waals surface area contributed by atoms with Gasteiger partial charge in [-0.2, -0.15) is 8.78 Å². The van der Waals surface area contributed by atoms with E-state index in [1.54, 1.807) is 19.2 Å². The van der Waals surface area contributed by atoms with Crippen LogP contribution < -0.4 is 5.32 Å². The van der Waals surface area contributed by atoms with Gasteiger partial charge in [0.05, 0.1) is 12.6 Å². The molecule has 0 saturated heterocycles. The summed E-state index contributed by atoms with van der Waals surface area (Å²) in [6.07, 6.45) is -3.81. The van der Waals surface area contributed by atoms with Gasteiger partial charge in [0.25, 0.3) is 5.91 Å². The highest BCUT2D eigenvalue weighted by molar-refractivity contribution is 5.84. The molecule has 1 atom stereocenters. The van der Waals surface area contributed by atoms with Crippen molar-refractivity contribution < 1.29 is 27.5 Å². The molecular formula is C9H15F4NO2. The number of alkyl halides is 4. The first-order chi connectivity index (χ1) is 7.21. The topological polar surface area (TPSA) is 49.3 Å². The molecule has 0 aromatic carbocycles. The van der Waals surface area contributed by atoms with Crippen molar-refractivity contribution in [3.05, 3.63) is 0 Å². The fraction of sp³-hybridized carbons (Fsp3) is 0.889. The number of rotatable bonds is 6. The van der Waals surface area contributed by atoms with Crippen molar-refractivity contribution in [2.45, 2.75) is 38.7 Å². The minimum atomic E-state index is -4.72. The second-order valence-corrected chi connectivity index (χ2v) is 3.91. The molecule has 1 unspecified atom stereocenters. The highest BCUT2D eigenvalue weighted by Crippen LogP contribution is 2.23. The first-order valence-electron chi connectivity index (χ1n) is 4.79. The minimum Gasteiger partial charge on any atom is -0.394 e. The number of aliphatic hydroxyl groups excluding tert-OH is 1. The van der Waals surface area contributed by atoms with E-state index in [9.17, 15) is 22.4 Å². The molecule has 0 fully saturated rings. The maximum absolute atomic E-state index is 12.5. The van der Waals surface area contributed by atoms with Crippen LogP contribution in [0.15, 0.2) is 0 Å². The maximum Gasteiger partial charge on any atom is 0.383 e. The Kier molecular flexibility index (Phi) is 5.71. The molecule has 0 aromatic heterocycles. The molecule has 0 aromatic rings. The van der Waals surface area contributed by atoms with E-state index in [0.29, 0.717) is 0 Å². The first kappa shape index (κ1) is 15.2. The summed E-state index contributed by atoms with van der Waals surface area (Å²) in [6, 6.07) is -0.933. The summed E-state index contributed by atoms with van der Waals surface area (Å²) in [5.41, 5.74) is 0. The number of hydrogen-bond acceptors (Lipinski definition) is 2. The Morgan fingerprint density at radius 2 is 1.88 bits per heavy atom. The largest absolute Gasteiger partial charge is 0.394 e. The number of halogens is 4. The molecule has 0 aliphatic rings. The molecular weight excluding hydrogens is 230 g/mol. The van der Waals surface area contributed by atoms with Crippen LogP contribution in [0.1, 0.15) is 20.3 Å². The molecule has 16 heavy (non-hydrogen) atoms. The van der Waals surface area contributed by atoms with Crippen LogP contribution in [0.3, 0.4) is 0 Å². The van der Waals surface area contributed by atoms with Gasteiger partial charge in [-0.15, -0.1) is 0 Å². The van der Waals surface area contributed by atoms with Crippen LogP contribution in [0, 0.1) is 5.92 Å². The van der Waals surface area contributed by atoms with Gasteiger partial charge in [0.2, 0.25) is 0 Å². The van der Waals surface area contributed by atoms with Crippen LogP contribution in [0.2, 0.25) is 0 Å². The number of carbonyl (C=O) groups excluding carboxylic acids is 1. The Balaban J connectivity index is 4.41. The normalized spacial score (nSPS) is 14.3. The molecule has 1 amide bonds. The number of nitrogens with one attached hydrogen (secondary N) is 1. The molecule has 0 heterocycles. The average Bonchev–Trinajstić information content (AvgIpc) is 2.15. The lowest BCUT2D eigenvalue weighted by atomic mass is 10.0. The Bertz CT molecular complexity index is 234. The van der Waals surface area contributed by atoms with Gasteiger partial charge in [0, 0.05) is 0 Å². The summed E-state index contributed by atoms with van der Waals surface area (Å²) in [5.74, 6) is -6.73. The van der Waals surface area contributed by atoms with E-state index < -0.39 is 30.9 Å². The maximum atomic E-state index is 12.5. The SMILES string of the molecule is CC(C)CC(CO)NC(=O)C(F)(F)C(F)F. The standard InChI is InChI=1S/C9H15F4NO2/c1-5(2)3-6(4-15)14-8(16)9(12,13)7(10)11/h5-7,15H,3-4H2,1-2H3,(H,14,16). The molecule has 0 radical (unpaired) electrons. The average molecular weight is 245 g/mol. The molecule has 0 aliphatic heterocycles. The van der Waals surface area contributed by atoms with Crippen LogP contribution in [-0.2, 0) is 4.79 Å². The fourth-order valence-electron chi connectivity index (χ4n) is 1.13. The molecule has 3 nitrogen and oxygen atoms in total. The second kappa shape index (κ2) is 6.03. The highest BCUT2D eigenvalue weighted by Gasteiger charge is 2.49. The van der Waals surface area contributed by atoms with Gasteiger partial charge >= 0.3 is 12.3 Å². The van der Waals surface area contributed by atoms with E-state index >= 15 is 0 Å². The molecule has 2 N–H and O–H groups in total. The molecule has 7 heteroatoms. The quantitative estimate of drug-likeness (QED) is 0.695. The summed E-state index contributed by atoms with van der Waals surface area (Å²) in [6.45, 7) is 2.93. The van der Waals surface area contributed by atoms with Crippen molar-refractivity contribution in [2.75, 3.05) is 6.61 Å². The van der Waals surface area contributed by atoms with Gasteiger partial charge in [-0.3, -0.25) is 4.79 Å². The highest BCUT2D eigenvalue weighted by atomic mass is 19.3. The predicted octanol–water partition coefficient (Wildman–Crippen LogP) is 1.41. The Morgan fingerprint density at radius 1 is 1.38 bits per heavy atom. The minimum absolute atomic E-state index is 0.0395. The second-order valence-electron chi connectivity index (χ2n) is 3.91. The van der Waals surface area contributed by atoms with Gasteiger partial charge < -0.3 is 10.4 Å². The number of aliphatic hydroxyl groups is 1. The lowest BCUT2D eigenvalue weighted by Gasteiger charge is -2.21. The number of carbonyl (C=O) groups is 1. The Labute approximate surface area is 90.8 Å². The van der Waals surface area contributed by atoms with E-state index in [2.05, 4.69) is 0 Å². The van der Waals surface area contributed by atoms with Crippen molar-refractivity contribution in [1.29, 1.82) is 0 Å². The predicted molar refractivity (Wildman–Crippen MR) is 49.4 cm³/mol. The van der Waals surface area contributed by atoms with E-state index in [1.807, 2.05) is 0 Å². The van der Waals surface area contributed by atoms with Gasteiger partial charge in [0.15, 0.2) is 0 Å². The van der Waals surface area contributed by atoms with E-state index in [0.717, 1.165) is 0 Å². The van der Waals surface area contributed by atoms with Crippen molar-refractivity contribution in [3.8, 4) is 0 Å². The fourth-order valence-corrected chi connectivity index (χ4v) is 1.13. The molecule has 0 spiro atoms. The van der Waals surface area contributed by atoms with E-state index in [-0.39, 0.29) is 12.3 Å². The van der Waals surface area contributed by atoms with Crippen molar-refractivity contribution >= 4 is 5.91 Å². The molecule has 0 bridgehead atoms. The van der Waals surface area contributed by atoms with Gasteiger partial charge in [-0.05, 0) is 12.3 Å². The summed E-state index contributed by atoms with van der Waals surface area (Å²) < 4.78 is 48.7. The Morgan fingerprint density at radius 3 is 2.19 bits per heavy atom. The van der Waals surface area contributed by atoms with Crippen LogP contribution in [-0.4, -0.2) is 36.0 Å². The lowest BCUT2D eigenvalue weighted by molar-refractivity contribution is -0.170. The zero-order valence-electron chi connectivity index (χ0n) is 9.01. The summed E-state index contributed by atoms with van der Waals surface area (Å²) in [5, 5.41) is 10.5. The molecule has 0 saturated carbocycles. The van der Waals surface area contributed by atoms with Gasteiger partial charge in [-0.25, -0.2) is 8.78 Å². The van der Waals surface area contributed by atoms with Crippen LogP contribution in [0.25, 0.3) is 0 Å². The van der Waals surface area contributed by atoms with Crippen LogP contribution in [0.5, 0.6) is 0 Å². The molecule has 96 valence electrons. The van der Waals surface area contributed by atoms with E-state index in [4.69, 9.17) is 5.11 Å². The Hall–Kier alpha value is -0.850. The smallest absolute Gasteiger partial charge is 0.383 e. The summed E-state index contributed by atoms with van der Waals surface area (Å²) in [7, 11) is 0. The monoisotopic (exact) mass is 245 g/mol. The lowest BCUT2D eigenvalue weighted by Crippen LogP contribution is -2.50. The summed E-state index contributed by atoms with van der Waals surface area (Å²) in [4.78, 5) is 10.8. The molecule has 0 rings (SSSR count). The van der Waals surface area contributed by atoms with Gasteiger partial charge in [0.1, 0.15) is 0 Å². The third-order valence-corrected chi connectivity index (χ3v) is 1.89. The summed E-state index contributed by atoms with van der Waals surface area (Å²) >= 11 is 0. The van der Waals surface area contributed by atoms with Crippen molar-refractivity contribution in [2.24, 2.45) is 5.92 Å². The number of hydrogen-bond donors (Lipinski definition) is 2. The zero-order valence-corrected chi connectivity index (χ0v) is 9.01. The van der Waals surface area contributed by atoms with Crippen LogP contribution in [0.4, 0.5) is 17.6 Å². The molecule has 0 aliphatic carbocycles. The zero-order chi connectivity index (χ0) is 12.9. The first-order valence-corrected chi connectivity index (χ1v) is 4.79. The van der Waals surface area contributed by atoms with Crippen molar-refractivity contribution in [3.63, 3.8) is 0 Å². The van der Waals surface area contributed by atoms with Crippen molar-refractivity contribution in [1.82, 2.24) is 5.32 Å². The third-order valence-electron chi connectivity index (χ3n) is 1.89.